The lowest BCUT2D eigenvalue weighted by Gasteiger charge is -2.20. The molecule has 0 N–H and O–H groups in total. The first-order chi connectivity index (χ1) is 19.0. The number of carbonyl (C=O) groups excluding carboxylic acids is 2. The van der Waals surface area contributed by atoms with E-state index in [4.69, 9.17) is 23.7 Å². The van der Waals surface area contributed by atoms with Crippen molar-refractivity contribution in [3.63, 3.8) is 0 Å². The van der Waals surface area contributed by atoms with Crippen LogP contribution in [0.2, 0.25) is 0 Å². The standard InChI is InChI=1S/C27H16BrF5O7/c1-10-16(40-27(35)11(2)38-26-21(32)19(30)18(29)20(31)22(26)33)4-3-15-23(34)17(39-24(10)15)7-12-5-14(28)6-13-8-36-9-37-25(12)13/h3-7,11H,8-9H2,1-2H3/b17-7-. The van der Waals surface area contributed by atoms with Gasteiger partial charge in [0.15, 0.2) is 24.4 Å². The first kappa shape index (κ1) is 27.6. The number of carbonyl (C=O) groups is 2. The summed E-state index contributed by atoms with van der Waals surface area (Å²) >= 11 is 3.41. The van der Waals surface area contributed by atoms with Crippen molar-refractivity contribution in [1.29, 1.82) is 0 Å². The predicted molar refractivity (Wildman–Crippen MR) is 130 cm³/mol. The molecule has 5 rings (SSSR count). The molecule has 1 atom stereocenters. The summed E-state index contributed by atoms with van der Waals surface area (Å²) in [5.74, 6) is -14.1. The van der Waals surface area contributed by atoms with Crippen LogP contribution in [0.4, 0.5) is 22.0 Å². The molecule has 0 bridgehead atoms. The molecular weight excluding hydrogens is 611 g/mol. The lowest BCUT2D eigenvalue weighted by Crippen LogP contribution is -2.29. The lowest BCUT2D eigenvalue weighted by atomic mass is 10.0. The van der Waals surface area contributed by atoms with Gasteiger partial charge < -0.3 is 23.7 Å². The average molecular weight is 627 g/mol. The molecule has 13 heteroatoms. The normalized spacial score (nSPS) is 15.7. The summed E-state index contributed by atoms with van der Waals surface area (Å²) in [5, 5.41) is 0. The third-order valence-electron chi connectivity index (χ3n) is 6.03. The molecular formula is C27H16BrF5O7. The van der Waals surface area contributed by atoms with E-state index in [9.17, 15) is 31.5 Å². The highest BCUT2D eigenvalue weighted by atomic mass is 79.9. The molecule has 0 aromatic heterocycles. The van der Waals surface area contributed by atoms with Crippen LogP contribution >= 0.6 is 15.9 Å². The van der Waals surface area contributed by atoms with E-state index in [-0.39, 0.29) is 35.2 Å². The van der Waals surface area contributed by atoms with Crippen LogP contribution < -0.4 is 18.9 Å². The van der Waals surface area contributed by atoms with E-state index >= 15 is 0 Å². The van der Waals surface area contributed by atoms with Gasteiger partial charge in [-0.15, -0.1) is 0 Å². The van der Waals surface area contributed by atoms with Gasteiger partial charge >= 0.3 is 5.97 Å². The number of halogens is 6. The molecule has 0 aliphatic carbocycles. The Balaban J connectivity index is 1.37. The van der Waals surface area contributed by atoms with Crippen molar-refractivity contribution >= 4 is 33.8 Å². The van der Waals surface area contributed by atoms with Crippen LogP contribution in [-0.2, 0) is 16.1 Å². The molecule has 0 saturated heterocycles. The highest BCUT2D eigenvalue weighted by Gasteiger charge is 2.33. The van der Waals surface area contributed by atoms with Crippen LogP contribution in [0.15, 0.2) is 34.5 Å². The molecule has 0 spiro atoms. The fraction of sp³-hybridized carbons (Fsp3) is 0.185. The second-order valence-corrected chi connectivity index (χ2v) is 9.59. The van der Waals surface area contributed by atoms with Crippen LogP contribution in [-0.4, -0.2) is 24.6 Å². The lowest BCUT2D eigenvalue weighted by molar-refractivity contribution is -0.141. The number of esters is 1. The molecule has 2 aliphatic heterocycles. The minimum absolute atomic E-state index is 0.0278. The zero-order chi connectivity index (χ0) is 28.9. The average Bonchev–Trinajstić information content (AvgIpc) is 3.25. The number of hydrogen-bond acceptors (Lipinski definition) is 7. The maximum atomic E-state index is 13.9. The number of rotatable bonds is 5. The van der Waals surface area contributed by atoms with E-state index in [0.717, 1.165) is 17.0 Å². The number of ether oxygens (including phenoxy) is 5. The van der Waals surface area contributed by atoms with Crippen molar-refractivity contribution in [1.82, 2.24) is 0 Å². The Bertz CT molecular complexity index is 1590. The molecule has 0 radical (unpaired) electrons. The van der Waals surface area contributed by atoms with Crippen LogP contribution in [0.1, 0.15) is 34.0 Å². The summed E-state index contributed by atoms with van der Waals surface area (Å²) in [6.45, 7) is 2.85. The Morgan fingerprint density at radius 1 is 1.02 bits per heavy atom. The number of benzene rings is 3. The van der Waals surface area contributed by atoms with Gasteiger partial charge in [0, 0.05) is 21.2 Å². The summed E-state index contributed by atoms with van der Waals surface area (Å²) < 4.78 is 95.4. The van der Waals surface area contributed by atoms with E-state index in [2.05, 4.69) is 15.9 Å². The van der Waals surface area contributed by atoms with Crippen molar-refractivity contribution in [2.75, 3.05) is 6.79 Å². The Morgan fingerprint density at radius 3 is 2.40 bits per heavy atom. The van der Waals surface area contributed by atoms with Gasteiger partial charge in [-0.2, -0.15) is 8.78 Å². The summed E-state index contributed by atoms with van der Waals surface area (Å²) in [4.78, 5) is 25.6. The van der Waals surface area contributed by atoms with Crippen molar-refractivity contribution in [2.45, 2.75) is 26.6 Å². The van der Waals surface area contributed by atoms with Crippen molar-refractivity contribution < 1.29 is 55.2 Å². The molecule has 0 amide bonds. The van der Waals surface area contributed by atoms with Gasteiger partial charge in [0.2, 0.25) is 34.9 Å². The summed E-state index contributed by atoms with van der Waals surface area (Å²) in [5.41, 5.74) is 1.74. The van der Waals surface area contributed by atoms with Gasteiger partial charge in [0.05, 0.1) is 12.2 Å². The molecule has 208 valence electrons. The van der Waals surface area contributed by atoms with Crippen molar-refractivity contribution in [2.24, 2.45) is 0 Å². The van der Waals surface area contributed by atoms with E-state index < -0.39 is 52.7 Å². The van der Waals surface area contributed by atoms with Gasteiger partial charge in [0.25, 0.3) is 0 Å². The molecule has 0 saturated carbocycles. The zero-order valence-electron chi connectivity index (χ0n) is 20.5. The van der Waals surface area contributed by atoms with Crippen LogP contribution in [0, 0.1) is 36.0 Å². The van der Waals surface area contributed by atoms with Crippen LogP contribution in [0.25, 0.3) is 6.08 Å². The Morgan fingerprint density at radius 2 is 1.70 bits per heavy atom. The third kappa shape index (κ3) is 4.79. The highest BCUT2D eigenvalue weighted by molar-refractivity contribution is 9.10. The fourth-order valence-corrected chi connectivity index (χ4v) is 4.56. The van der Waals surface area contributed by atoms with Crippen LogP contribution in [0.5, 0.6) is 23.0 Å². The molecule has 1 unspecified atom stereocenters. The number of fused-ring (bicyclic) bond motifs is 2. The van der Waals surface area contributed by atoms with Crippen molar-refractivity contribution in [3.05, 3.63) is 85.8 Å². The monoisotopic (exact) mass is 626 g/mol. The SMILES string of the molecule is Cc1c(OC(=O)C(C)Oc2c(F)c(F)c(F)c(F)c2F)ccc2c1O/C(=C\c1cc(Br)cc3c1OCOC3)C2=O. The van der Waals surface area contributed by atoms with Gasteiger partial charge in [-0.1, -0.05) is 15.9 Å². The zero-order valence-corrected chi connectivity index (χ0v) is 22.1. The molecule has 40 heavy (non-hydrogen) atoms. The predicted octanol–water partition coefficient (Wildman–Crippen LogP) is 6.31. The minimum Gasteiger partial charge on any atom is -0.473 e. The quantitative estimate of drug-likeness (QED) is 0.0820. The summed E-state index contributed by atoms with van der Waals surface area (Å²) in [6, 6.07) is 6.21. The van der Waals surface area contributed by atoms with Gasteiger partial charge in [-0.3, -0.25) is 4.79 Å². The number of Topliss-reactive ketones (excluding diaryl/α,β-unsaturated/α-hetero) is 1. The molecule has 3 aromatic carbocycles. The second kappa shape index (κ2) is 10.5. The van der Waals surface area contributed by atoms with Crippen LogP contribution in [0.3, 0.4) is 0 Å². The summed E-state index contributed by atoms with van der Waals surface area (Å²) in [6.07, 6.45) is -0.284. The van der Waals surface area contributed by atoms with E-state index in [1.54, 1.807) is 6.07 Å². The number of ketones is 1. The number of hydrogen-bond donors (Lipinski definition) is 0. The molecule has 2 heterocycles. The molecule has 2 aliphatic rings. The van der Waals surface area contributed by atoms with Gasteiger partial charge in [-0.25, -0.2) is 18.0 Å². The Labute approximate surface area is 231 Å². The fourth-order valence-electron chi connectivity index (χ4n) is 4.04. The Kier molecular flexibility index (Phi) is 7.27. The molecule has 3 aromatic rings. The minimum atomic E-state index is -2.37. The van der Waals surface area contributed by atoms with E-state index in [1.807, 2.05) is 6.07 Å². The van der Waals surface area contributed by atoms with Gasteiger partial charge in [0.1, 0.15) is 17.2 Å². The van der Waals surface area contributed by atoms with Gasteiger partial charge in [-0.05, 0) is 44.2 Å². The van der Waals surface area contributed by atoms with E-state index in [1.165, 1.54) is 25.1 Å². The largest absolute Gasteiger partial charge is 0.473 e. The smallest absolute Gasteiger partial charge is 0.352 e. The molecule has 7 nitrogen and oxygen atoms in total. The topological polar surface area (TPSA) is 80.3 Å². The number of allylic oxidation sites excluding steroid dienone is 1. The first-order valence-electron chi connectivity index (χ1n) is 11.5. The first-order valence-corrected chi connectivity index (χ1v) is 12.3. The van der Waals surface area contributed by atoms with Crippen molar-refractivity contribution in [3.8, 4) is 23.0 Å². The maximum absolute atomic E-state index is 13.9. The molecule has 0 fully saturated rings. The Hall–Kier alpha value is -3.97. The second-order valence-electron chi connectivity index (χ2n) is 8.68. The summed E-state index contributed by atoms with van der Waals surface area (Å²) in [7, 11) is 0. The maximum Gasteiger partial charge on any atom is 0.352 e. The van der Waals surface area contributed by atoms with E-state index in [0.29, 0.717) is 17.9 Å². The highest BCUT2D eigenvalue weighted by Crippen LogP contribution is 2.41. The third-order valence-corrected chi connectivity index (χ3v) is 6.49.